The molecule has 0 heterocycles. The summed E-state index contributed by atoms with van der Waals surface area (Å²) in [5, 5.41) is 0. The van der Waals surface area contributed by atoms with E-state index in [-0.39, 0.29) is 5.75 Å². The molecule has 10 heavy (non-hydrogen) atoms. The minimum Gasteiger partial charge on any atom is -0.301 e. The lowest BCUT2D eigenvalue weighted by Gasteiger charge is -1.94. The highest BCUT2D eigenvalue weighted by Crippen LogP contribution is 1.93. The molecule has 0 bridgehead atoms. The van der Waals surface area contributed by atoms with Crippen molar-refractivity contribution in [3.8, 4) is 0 Å². The van der Waals surface area contributed by atoms with Gasteiger partial charge in [0, 0.05) is 18.6 Å². The molecule has 4 heteroatoms. The van der Waals surface area contributed by atoms with E-state index in [1.807, 2.05) is 0 Å². The van der Waals surface area contributed by atoms with E-state index < -0.39 is 9.84 Å². The van der Waals surface area contributed by atoms with Gasteiger partial charge in [0.15, 0.2) is 0 Å². The summed E-state index contributed by atoms with van der Waals surface area (Å²) in [6.45, 7) is 3.96. The summed E-state index contributed by atoms with van der Waals surface area (Å²) >= 11 is 0. The standard InChI is InChI=1S/C6H13NO2S/c1-7-5-3-4-6-10(2,8)9/h1,3-6H2,2H3. The van der Waals surface area contributed by atoms with Gasteiger partial charge in [-0.1, -0.05) is 0 Å². The molecule has 0 radical (unpaired) electrons. The second-order valence-corrected chi connectivity index (χ2v) is 4.54. The number of hydrogen-bond acceptors (Lipinski definition) is 3. The first kappa shape index (κ1) is 9.62. The molecule has 0 atom stereocenters. The fourth-order valence-corrected chi connectivity index (χ4v) is 1.32. The third kappa shape index (κ3) is 7.62. The molecule has 0 aliphatic rings. The molecule has 0 fully saturated rings. The van der Waals surface area contributed by atoms with Crippen molar-refractivity contribution >= 4 is 16.6 Å². The summed E-state index contributed by atoms with van der Waals surface area (Å²) in [7, 11) is -2.77. The van der Waals surface area contributed by atoms with Crippen LogP contribution in [-0.2, 0) is 9.84 Å². The van der Waals surface area contributed by atoms with Gasteiger partial charge in [-0.3, -0.25) is 0 Å². The van der Waals surface area contributed by atoms with Gasteiger partial charge in [0.1, 0.15) is 9.84 Å². The topological polar surface area (TPSA) is 46.5 Å². The summed E-state index contributed by atoms with van der Waals surface area (Å²) in [4.78, 5) is 3.61. The van der Waals surface area contributed by atoms with E-state index >= 15 is 0 Å². The molecular formula is C6H13NO2S. The Hall–Kier alpha value is -0.380. The van der Waals surface area contributed by atoms with Crippen molar-refractivity contribution in [2.24, 2.45) is 4.99 Å². The van der Waals surface area contributed by atoms with Crippen molar-refractivity contribution in [3.63, 3.8) is 0 Å². The Morgan fingerprint density at radius 1 is 1.40 bits per heavy atom. The van der Waals surface area contributed by atoms with Gasteiger partial charge in [-0.2, -0.15) is 0 Å². The molecule has 0 aliphatic carbocycles. The van der Waals surface area contributed by atoms with Gasteiger partial charge >= 0.3 is 0 Å². The second-order valence-electron chi connectivity index (χ2n) is 2.28. The SMILES string of the molecule is C=NCCCCS(C)(=O)=O. The van der Waals surface area contributed by atoms with E-state index in [2.05, 4.69) is 11.7 Å². The van der Waals surface area contributed by atoms with Crippen LogP contribution in [0.25, 0.3) is 0 Å². The molecule has 0 aliphatic heterocycles. The van der Waals surface area contributed by atoms with Gasteiger partial charge in [0.2, 0.25) is 0 Å². The maximum absolute atomic E-state index is 10.5. The van der Waals surface area contributed by atoms with E-state index in [1.54, 1.807) is 0 Å². The summed E-state index contributed by atoms with van der Waals surface area (Å²) in [5.74, 6) is 0.266. The molecule has 0 amide bonds. The fraction of sp³-hybridized carbons (Fsp3) is 0.833. The van der Waals surface area contributed by atoms with Crippen molar-refractivity contribution in [1.82, 2.24) is 0 Å². The highest BCUT2D eigenvalue weighted by atomic mass is 32.2. The second kappa shape index (κ2) is 4.44. The van der Waals surface area contributed by atoms with Gasteiger partial charge in [-0.25, -0.2) is 8.42 Å². The van der Waals surface area contributed by atoms with Crippen molar-refractivity contribution in [1.29, 1.82) is 0 Å². The van der Waals surface area contributed by atoms with Gasteiger partial charge in [0.05, 0.1) is 0 Å². The van der Waals surface area contributed by atoms with Crippen molar-refractivity contribution in [3.05, 3.63) is 0 Å². The summed E-state index contributed by atoms with van der Waals surface area (Å²) in [6, 6.07) is 0. The zero-order valence-electron chi connectivity index (χ0n) is 6.21. The highest BCUT2D eigenvalue weighted by Gasteiger charge is 1.99. The van der Waals surface area contributed by atoms with E-state index in [0.29, 0.717) is 13.0 Å². The van der Waals surface area contributed by atoms with Gasteiger partial charge in [-0.15, -0.1) is 0 Å². The number of unbranched alkanes of at least 4 members (excludes halogenated alkanes) is 1. The van der Waals surface area contributed by atoms with Gasteiger partial charge in [0.25, 0.3) is 0 Å². The van der Waals surface area contributed by atoms with Crippen LogP contribution >= 0.6 is 0 Å². The maximum Gasteiger partial charge on any atom is 0.147 e. The minimum atomic E-state index is -2.77. The van der Waals surface area contributed by atoms with Crippen molar-refractivity contribution in [2.75, 3.05) is 18.6 Å². The van der Waals surface area contributed by atoms with Gasteiger partial charge < -0.3 is 4.99 Å². The molecule has 0 aromatic heterocycles. The van der Waals surface area contributed by atoms with Crippen LogP contribution in [0.1, 0.15) is 12.8 Å². The first-order valence-corrected chi connectivity index (χ1v) is 5.22. The predicted octanol–water partition coefficient (Wildman–Crippen LogP) is 0.512. The highest BCUT2D eigenvalue weighted by molar-refractivity contribution is 7.90. The average molecular weight is 163 g/mol. The Morgan fingerprint density at radius 3 is 2.40 bits per heavy atom. The molecule has 0 aromatic carbocycles. The molecule has 0 rings (SSSR count). The predicted molar refractivity (Wildman–Crippen MR) is 43.4 cm³/mol. The Labute approximate surface area is 62.1 Å². The van der Waals surface area contributed by atoms with Crippen LogP contribution in [0.2, 0.25) is 0 Å². The van der Waals surface area contributed by atoms with Crippen molar-refractivity contribution < 1.29 is 8.42 Å². The fourth-order valence-electron chi connectivity index (χ4n) is 0.588. The Kier molecular flexibility index (Phi) is 4.27. The number of rotatable bonds is 5. The first-order chi connectivity index (χ1) is 4.56. The van der Waals surface area contributed by atoms with Crippen LogP contribution in [-0.4, -0.2) is 33.7 Å². The lowest BCUT2D eigenvalue weighted by atomic mass is 10.3. The summed E-state index contributed by atoms with van der Waals surface area (Å²) < 4.78 is 21.1. The van der Waals surface area contributed by atoms with Crippen LogP contribution in [0.3, 0.4) is 0 Å². The quantitative estimate of drug-likeness (QED) is 0.438. The molecule has 0 unspecified atom stereocenters. The zero-order chi connectivity index (χ0) is 8.04. The van der Waals surface area contributed by atoms with Crippen LogP contribution in [0.15, 0.2) is 4.99 Å². The normalized spacial score (nSPS) is 11.3. The smallest absolute Gasteiger partial charge is 0.147 e. The number of nitrogens with zero attached hydrogens (tertiary/aromatic N) is 1. The van der Waals surface area contributed by atoms with E-state index in [9.17, 15) is 8.42 Å². The summed E-state index contributed by atoms with van der Waals surface area (Å²) in [5.41, 5.74) is 0. The van der Waals surface area contributed by atoms with E-state index in [4.69, 9.17) is 0 Å². The molecule has 3 nitrogen and oxygen atoms in total. The average Bonchev–Trinajstić information content (AvgIpc) is 1.78. The molecular weight excluding hydrogens is 150 g/mol. The van der Waals surface area contributed by atoms with Crippen LogP contribution in [0.4, 0.5) is 0 Å². The minimum absolute atomic E-state index is 0.266. The largest absolute Gasteiger partial charge is 0.301 e. The number of aliphatic imine (C=N–C) groups is 1. The summed E-state index contributed by atoms with van der Waals surface area (Å²) in [6.07, 6.45) is 2.75. The third-order valence-corrected chi connectivity index (χ3v) is 2.11. The Bertz CT molecular complexity index is 184. The van der Waals surface area contributed by atoms with Gasteiger partial charge in [-0.05, 0) is 19.6 Å². The monoisotopic (exact) mass is 163 g/mol. The lowest BCUT2D eigenvalue weighted by molar-refractivity contribution is 0.597. The number of hydrogen-bond donors (Lipinski definition) is 0. The van der Waals surface area contributed by atoms with E-state index in [0.717, 1.165) is 6.42 Å². The number of sulfone groups is 1. The van der Waals surface area contributed by atoms with Crippen LogP contribution in [0.5, 0.6) is 0 Å². The molecule has 0 spiro atoms. The third-order valence-electron chi connectivity index (χ3n) is 1.08. The zero-order valence-corrected chi connectivity index (χ0v) is 7.02. The van der Waals surface area contributed by atoms with E-state index in [1.165, 1.54) is 6.26 Å². The van der Waals surface area contributed by atoms with Crippen LogP contribution in [0, 0.1) is 0 Å². The molecule has 0 saturated carbocycles. The Balaban J connectivity index is 3.29. The molecule has 0 saturated heterocycles. The first-order valence-electron chi connectivity index (χ1n) is 3.16. The molecule has 0 aromatic rings. The maximum atomic E-state index is 10.5. The molecule has 0 N–H and O–H groups in total. The Morgan fingerprint density at radius 2 is 2.00 bits per heavy atom. The lowest BCUT2D eigenvalue weighted by Crippen LogP contribution is -2.02. The molecule has 60 valence electrons. The van der Waals surface area contributed by atoms with Crippen molar-refractivity contribution in [2.45, 2.75) is 12.8 Å². The van der Waals surface area contributed by atoms with Crippen LogP contribution < -0.4 is 0 Å².